The maximum absolute atomic E-state index is 12.1. The third-order valence-corrected chi connectivity index (χ3v) is 2.13. The van der Waals surface area contributed by atoms with Crippen LogP contribution in [-0.4, -0.2) is 55.7 Å². The molecule has 0 saturated heterocycles. The van der Waals surface area contributed by atoms with Gasteiger partial charge in [0.15, 0.2) is 6.73 Å². The molecule has 0 atom stereocenters. The first-order chi connectivity index (χ1) is 9.73. The first-order valence-corrected chi connectivity index (χ1v) is 6.08. The Morgan fingerprint density at radius 3 is 1.90 bits per heavy atom. The van der Waals surface area contributed by atoms with Crippen molar-refractivity contribution >= 4 is 23.8 Å². The van der Waals surface area contributed by atoms with E-state index in [9.17, 15) is 19.2 Å². The van der Waals surface area contributed by atoms with Crippen LogP contribution in [0.2, 0.25) is 0 Å². The normalized spacial score (nSPS) is 10.6. The molecule has 0 radical (unpaired) electrons. The third-order valence-electron chi connectivity index (χ3n) is 2.13. The number of amides is 1. The van der Waals surface area contributed by atoms with Crippen molar-refractivity contribution in [2.75, 3.05) is 27.0 Å². The molecular weight excluding hydrogens is 282 g/mol. The maximum atomic E-state index is 12.1. The first-order valence-electron chi connectivity index (χ1n) is 6.08. The third kappa shape index (κ3) is 9.20. The van der Waals surface area contributed by atoms with Gasteiger partial charge in [0.05, 0.1) is 5.57 Å². The Labute approximate surface area is 122 Å². The Hall–Kier alpha value is -2.38. The summed E-state index contributed by atoms with van der Waals surface area (Å²) in [5.41, 5.74) is 0.112. The van der Waals surface area contributed by atoms with E-state index in [4.69, 9.17) is 9.47 Å². The number of carbonyl (C=O) groups excluding carboxylic acids is 4. The number of rotatable bonds is 7. The van der Waals surface area contributed by atoms with E-state index < -0.39 is 23.8 Å². The summed E-state index contributed by atoms with van der Waals surface area (Å²) < 4.78 is 14.1. The number of hydrogen-bond donors (Lipinski definition) is 0. The van der Waals surface area contributed by atoms with Crippen molar-refractivity contribution < 1.29 is 33.4 Å². The monoisotopic (exact) mass is 301 g/mol. The van der Waals surface area contributed by atoms with E-state index in [1.807, 2.05) is 0 Å². The molecule has 0 aliphatic rings. The van der Waals surface area contributed by atoms with Crippen LogP contribution in [0.4, 0.5) is 0 Å². The van der Waals surface area contributed by atoms with Crippen LogP contribution in [0.3, 0.4) is 0 Å². The summed E-state index contributed by atoms with van der Waals surface area (Å²) in [5.74, 6) is -2.09. The van der Waals surface area contributed by atoms with E-state index in [1.165, 1.54) is 33.9 Å². The van der Waals surface area contributed by atoms with Gasteiger partial charge in [-0.25, -0.2) is 0 Å². The van der Waals surface area contributed by atoms with E-state index in [-0.39, 0.29) is 25.5 Å². The summed E-state index contributed by atoms with van der Waals surface area (Å²) in [5, 5.41) is 0. The van der Waals surface area contributed by atoms with Crippen LogP contribution < -0.4 is 0 Å². The Morgan fingerprint density at radius 2 is 1.43 bits per heavy atom. The number of ether oxygens (including phenoxy) is 3. The fraction of sp³-hybridized carbons (Fsp3) is 0.538. The number of nitrogens with zero attached hydrogens (tertiary/aromatic N) is 1. The van der Waals surface area contributed by atoms with E-state index >= 15 is 0 Å². The van der Waals surface area contributed by atoms with Gasteiger partial charge in [-0.2, -0.15) is 0 Å². The highest BCUT2D eigenvalue weighted by atomic mass is 16.5. The van der Waals surface area contributed by atoms with E-state index in [2.05, 4.69) is 4.74 Å². The molecule has 0 aliphatic heterocycles. The van der Waals surface area contributed by atoms with Crippen molar-refractivity contribution in [1.29, 1.82) is 0 Å². The van der Waals surface area contributed by atoms with Crippen LogP contribution >= 0.6 is 0 Å². The lowest BCUT2D eigenvalue weighted by molar-refractivity contribution is -0.149. The topological polar surface area (TPSA) is 99.2 Å². The molecule has 0 bridgehead atoms. The van der Waals surface area contributed by atoms with E-state index in [0.717, 1.165) is 4.90 Å². The second-order valence-electron chi connectivity index (χ2n) is 4.08. The van der Waals surface area contributed by atoms with Crippen LogP contribution in [0.1, 0.15) is 20.8 Å². The quantitative estimate of drug-likeness (QED) is 0.283. The Balaban J connectivity index is 4.74. The Bertz CT molecular complexity index is 442. The highest BCUT2D eigenvalue weighted by molar-refractivity contribution is 5.93. The van der Waals surface area contributed by atoms with Crippen LogP contribution in [0.15, 0.2) is 11.6 Å². The molecule has 0 aliphatic carbocycles. The molecule has 8 heteroatoms. The second-order valence-corrected chi connectivity index (χ2v) is 4.08. The van der Waals surface area contributed by atoms with Gasteiger partial charge in [-0.1, -0.05) is 0 Å². The van der Waals surface area contributed by atoms with Gasteiger partial charge in [-0.15, -0.1) is 0 Å². The van der Waals surface area contributed by atoms with Gasteiger partial charge < -0.3 is 19.1 Å². The van der Waals surface area contributed by atoms with Crippen LogP contribution in [0.5, 0.6) is 0 Å². The zero-order valence-corrected chi connectivity index (χ0v) is 12.5. The van der Waals surface area contributed by atoms with Crippen molar-refractivity contribution in [3.05, 3.63) is 11.6 Å². The summed E-state index contributed by atoms with van der Waals surface area (Å²) in [7, 11) is 1.42. The minimum atomic E-state index is -0.552. The van der Waals surface area contributed by atoms with Crippen molar-refractivity contribution in [2.24, 2.45) is 0 Å². The van der Waals surface area contributed by atoms with Crippen LogP contribution in [0, 0.1) is 0 Å². The van der Waals surface area contributed by atoms with Crippen molar-refractivity contribution in [3.8, 4) is 0 Å². The zero-order chi connectivity index (χ0) is 16.4. The lowest BCUT2D eigenvalue weighted by atomic mass is 10.2. The molecule has 0 aromatic rings. The molecular formula is C13H19NO7. The molecule has 0 aromatic carbocycles. The molecule has 8 nitrogen and oxygen atoms in total. The average Bonchev–Trinajstić information content (AvgIpc) is 2.38. The van der Waals surface area contributed by atoms with Gasteiger partial charge in [0.25, 0.3) is 5.91 Å². The lowest BCUT2D eigenvalue weighted by Gasteiger charge is -2.18. The molecule has 0 N–H and O–H groups in total. The molecule has 118 valence electrons. The summed E-state index contributed by atoms with van der Waals surface area (Å²) in [6, 6.07) is 0. The van der Waals surface area contributed by atoms with E-state index in [1.54, 1.807) is 0 Å². The van der Waals surface area contributed by atoms with Crippen LogP contribution in [0.25, 0.3) is 0 Å². The highest BCUT2D eigenvalue weighted by Crippen LogP contribution is 2.03. The van der Waals surface area contributed by atoms with Gasteiger partial charge >= 0.3 is 17.9 Å². The lowest BCUT2D eigenvalue weighted by Crippen LogP contribution is -2.33. The molecule has 21 heavy (non-hydrogen) atoms. The molecule has 0 aromatic heterocycles. The van der Waals surface area contributed by atoms with Crippen molar-refractivity contribution in [3.63, 3.8) is 0 Å². The summed E-state index contributed by atoms with van der Waals surface area (Å²) in [4.78, 5) is 45.4. The summed E-state index contributed by atoms with van der Waals surface area (Å²) >= 11 is 0. The standard InChI is InChI=1S/C13H19NO7/c1-9(15)19-6-5-12(7-20-10(2)16)13(18)14(4)8-21-11(3)17/h5H,6-8H2,1-4H3. The van der Waals surface area contributed by atoms with Gasteiger partial charge in [0, 0.05) is 27.8 Å². The summed E-state index contributed by atoms with van der Waals surface area (Å²) in [6.45, 7) is 3.03. The molecule has 0 unspecified atom stereocenters. The van der Waals surface area contributed by atoms with Gasteiger partial charge in [-0.05, 0) is 6.08 Å². The number of carbonyl (C=O) groups is 4. The van der Waals surface area contributed by atoms with E-state index in [0.29, 0.717) is 0 Å². The molecule has 0 heterocycles. The fourth-order valence-electron chi connectivity index (χ4n) is 1.14. The van der Waals surface area contributed by atoms with Gasteiger partial charge in [0.1, 0.15) is 13.2 Å². The second kappa shape index (κ2) is 9.51. The van der Waals surface area contributed by atoms with Crippen LogP contribution in [-0.2, 0) is 33.4 Å². The molecule has 0 spiro atoms. The smallest absolute Gasteiger partial charge is 0.304 e. The molecule has 0 saturated carbocycles. The van der Waals surface area contributed by atoms with Crippen molar-refractivity contribution in [1.82, 2.24) is 4.90 Å². The minimum absolute atomic E-state index is 0.112. The Kier molecular flexibility index (Phi) is 8.43. The molecule has 1 amide bonds. The number of hydrogen-bond acceptors (Lipinski definition) is 7. The van der Waals surface area contributed by atoms with Crippen molar-refractivity contribution in [2.45, 2.75) is 20.8 Å². The van der Waals surface area contributed by atoms with Gasteiger partial charge in [-0.3, -0.25) is 19.2 Å². The van der Waals surface area contributed by atoms with Gasteiger partial charge in [0.2, 0.25) is 0 Å². The zero-order valence-electron chi connectivity index (χ0n) is 12.5. The first kappa shape index (κ1) is 18.6. The predicted molar refractivity (Wildman–Crippen MR) is 70.8 cm³/mol. The average molecular weight is 301 g/mol. The fourth-order valence-corrected chi connectivity index (χ4v) is 1.14. The highest BCUT2D eigenvalue weighted by Gasteiger charge is 2.16. The SMILES string of the molecule is CC(=O)OCC=C(COC(C)=O)C(=O)N(C)COC(C)=O. The minimum Gasteiger partial charge on any atom is -0.462 e. The predicted octanol–water partition coefficient (Wildman–Crippen LogP) is 0.0180. The Morgan fingerprint density at radius 1 is 0.905 bits per heavy atom. The maximum Gasteiger partial charge on any atom is 0.304 e. The number of likely N-dealkylation sites (N-methyl/N-ethyl adjacent to an activating group) is 1. The summed E-state index contributed by atoms with van der Waals surface area (Å²) in [6.07, 6.45) is 1.33. The largest absolute Gasteiger partial charge is 0.462 e. The molecule has 0 rings (SSSR count). The molecule has 0 fully saturated rings. The number of esters is 3.